The zero-order chi connectivity index (χ0) is 8.55. The van der Waals surface area contributed by atoms with Crippen LogP contribution in [0.2, 0.25) is 0 Å². The Kier molecular flexibility index (Phi) is 1.59. The van der Waals surface area contributed by atoms with E-state index < -0.39 is 0 Å². The highest BCUT2D eigenvalue weighted by Crippen LogP contribution is 2.15. The summed E-state index contributed by atoms with van der Waals surface area (Å²) in [5.74, 6) is 0. The molecule has 0 unspecified atom stereocenters. The largest absolute Gasteiger partial charge is 0.429 e. The summed E-state index contributed by atoms with van der Waals surface area (Å²) in [4.78, 5) is 3.33. The minimum absolute atomic E-state index is 0.409. The molecule has 0 aliphatic carbocycles. The fourth-order valence-corrected chi connectivity index (χ4v) is 1.29. The molecule has 0 aliphatic rings. The number of fused-ring (bicyclic) bond motifs is 1. The molecular formula is C9H7NOS. The number of benzene rings is 1. The normalized spacial score (nSPS) is 10.3. The summed E-state index contributed by atoms with van der Waals surface area (Å²) in [7, 11) is 0. The lowest BCUT2D eigenvalue weighted by atomic mass is 10.2. The molecule has 1 heterocycles. The van der Waals surface area contributed by atoms with Gasteiger partial charge >= 0.3 is 0 Å². The van der Waals surface area contributed by atoms with Gasteiger partial charge in [0.15, 0.2) is 5.58 Å². The number of aromatic nitrogens is 1. The first-order valence-corrected chi connectivity index (χ1v) is 3.96. The summed E-state index contributed by atoms with van der Waals surface area (Å²) in [6.07, 6.45) is 1.77. The zero-order valence-corrected chi connectivity index (χ0v) is 7.15. The van der Waals surface area contributed by atoms with Crippen molar-refractivity contribution in [3.8, 4) is 0 Å². The summed E-state index contributed by atoms with van der Waals surface area (Å²) < 4.78 is 5.22. The number of H-pyrrole nitrogens is 1. The monoisotopic (exact) mass is 177 g/mol. The van der Waals surface area contributed by atoms with Crippen molar-refractivity contribution >= 4 is 29.4 Å². The van der Waals surface area contributed by atoms with E-state index in [1.54, 1.807) is 6.08 Å². The second-order valence-electron chi connectivity index (χ2n) is 2.47. The van der Waals surface area contributed by atoms with Crippen molar-refractivity contribution in [2.24, 2.45) is 0 Å². The Labute approximate surface area is 74.5 Å². The summed E-state index contributed by atoms with van der Waals surface area (Å²) >= 11 is 4.84. The standard InChI is InChI=1S/C9H7NOS/c1-2-6-3-4-7-8(5-6)11-9(12)10-7/h2-5H,1H2,(H,10,12). The molecule has 0 amide bonds. The second kappa shape index (κ2) is 2.60. The van der Waals surface area contributed by atoms with Crippen molar-refractivity contribution in [3.63, 3.8) is 0 Å². The Morgan fingerprint density at radius 1 is 1.50 bits per heavy atom. The van der Waals surface area contributed by atoms with Crippen LogP contribution in [-0.2, 0) is 0 Å². The first-order chi connectivity index (χ1) is 5.79. The molecule has 0 fully saturated rings. The Morgan fingerprint density at radius 3 is 3.08 bits per heavy atom. The average Bonchev–Trinajstić information content (AvgIpc) is 2.43. The highest BCUT2D eigenvalue weighted by atomic mass is 32.1. The lowest BCUT2D eigenvalue weighted by molar-refractivity contribution is 0.583. The number of hydrogen-bond donors (Lipinski definition) is 1. The molecule has 0 saturated carbocycles. The quantitative estimate of drug-likeness (QED) is 0.678. The second-order valence-corrected chi connectivity index (χ2v) is 2.85. The minimum Gasteiger partial charge on any atom is -0.429 e. The molecule has 0 atom stereocenters. The van der Waals surface area contributed by atoms with Gasteiger partial charge in [-0.05, 0) is 29.9 Å². The third kappa shape index (κ3) is 1.08. The van der Waals surface area contributed by atoms with Crippen molar-refractivity contribution in [1.29, 1.82) is 0 Å². The Balaban J connectivity index is 2.82. The zero-order valence-electron chi connectivity index (χ0n) is 6.33. The van der Waals surface area contributed by atoms with Crippen molar-refractivity contribution in [3.05, 3.63) is 35.2 Å². The van der Waals surface area contributed by atoms with Gasteiger partial charge in [0.05, 0.1) is 5.52 Å². The van der Waals surface area contributed by atoms with Gasteiger partial charge in [0.1, 0.15) is 0 Å². The van der Waals surface area contributed by atoms with Gasteiger partial charge in [-0.1, -0.05) is 18.7 Å². The lowest BCUT2D eigenvalue weighted by Gasteiger charge is -1.89. The van der Waals surface area contributed by atoms with Crippen LogP contribution < -0.4 is 0 Å². The van der Waals surface area contributed by atoms with Gasteiger partial charge in [-0.3, -0.25) is 0 Å². The molecule has 60 valence electrons. The number of rotatable bonds is 1. The fourth-order valence-electron chi connectivity index (χ4n) is 1.09. The van der Waals surface area contributed by atoms with Crippen LogP contribution in [0.1, 0.15) is 5.56 Å². The highest BCUT2D eigenvalue weighted by Gasteiger charge is 1.97. The summed E-state index contributed by atoms with van der Waals surface area (Å²) in [5.41, 5.74) is 2.73. The molecule has 0 bridgehead atoms. The van der Waals surface area contributed by atoms with Crippen LogP contribution in [-0.4, -0.2) is 4.98 Å². The number of hydrogen-bond acceptors (Lipinski definition) is 2. The molecule has 2 nitrogen and oxygen atoms in total. The maximum atomic E-state index is 5.22. The van der Waals surface area contributed by atoms with Crippen LogP contribution in [0.5, 0.6) is 0 Å². The maximum absolute atomic E-state index is 5.22. The first-order valence-electron chi connectivity index (χ1n) is 3.55. The third-order valence-electron chi connectivity index (χ3n) is 1.68. The van der Waals surface area contributed by atoms with Crippen LogP contribution >= 0.6 is 12.2 Å². The van der Waals surface area contributed by atoms with Crippen LogP contribution in [0.25, 0.3) is 17.2 Å². The van der Waals surface area contributed by atoms with E-state index in [0.717, 1.165) is 16.7 Å². The van der Waals surface area contributed by atoms with Crippen LogP contribution in [0.4, 0.5) is 0 Å². The molecule has 0 radical (unpaired) electrons. The van der Waals surface area contributed by atoms with Crippen molar-refractivity contribution in [1.82, 2.24) is 4.98 Å². The lowest BCUT2D eigenvalue weighted by Crippen LogP contribution is -1.70. The summed E-state index contributed by atoms with van der Waals surface area (Å²) in [6, 6.07) is 5.77. The topological polar surface area (TPSA) is 28.9 Å². The molecular weight excluding hydrogens is 170 g/mol. The van der Waals surface area contributed by atoms with Crippen LogP contribution in [0, 0.1) is 4.84 Å². The van der Waals surface area contributed by atoms with E-state index in [4.69, 9.17) is 16.6 Å². The summed E-state index contributed by atoms with van der Waals surface area (Å²) in [6.45, 7) is 3.67. The summed E-state index contributed by atoms with van der Waals surface area (Å²) in [5, 5.41) is 0. The van der Waals surface area contributed by atoms with Gasteiger partial charge in [0, 0.05) is 0 Å². The minimum atomic E-state index is 0.409. The fraction of sp³-hybridized carbons (Fsp3) is 0. The molecule has 2 rings (SSSR count). The van der Waals surface area contributed by atoms with E-state index in [1.807, 2.05) is 18.2 Å². The molecule has 0 saturated heterocycles. The van der Waals surface area contributed by atoms with E-state index >= 15 is 0 Å². The van der Waals surface area contributed by atoms with Gasteiger partial charge in [-0.25, -0.2) is 0 Å². The van der Waals surface area contributed by atoms with Crippen molar-refractivity contribution in [2.75, 3.05) is 0 Å². The number of aromatic amines is 1. The van der Waals surface area contributed by atoms with Gasteiger partial charge < -0.3 is 9.40 Å². The van der Waals surface area contributed by atoms with Gasteiger partial charge in [-0.15, -0.1) is 0 Å². The smallest absolute Gasteiger partial charge is 0.266 e. The molecule has 1 N–H and O–H groups in total. The van der Waals surface area contributed by atoms with E-state index in [-0.39, 0.29) is 0 Å². The molecule has 1 aromatic heterocycles. The van der Waals surface area contributed by atoms with Gasteiger partial charge in [0.25, 0.3) is 4.84 Å². The molecule has 1 aromatic carbocycles. The van der Waals surface area contributed by atoms with Crippen LogP contribution in [0.15, 0.2) is 29.2 Å². The van der Waals surface area contributed by atoms with E-state index in [1.165, 1.54) is 0 Å². The molecule has 3 heteroatoms. The molecule has 2 aromatic rings. The predicted molar refractivity (Wildman–Crippen MR) is 51.5 cm³/mol. The van der Waals surface area contributed by atoms with Crippen LogP contribution in [0.3, 0.4) is 0 Å². The molecule has 12 heavy (non-hydrogen) atoms. The van der Waals surface area contributed by atoms with E-state index in [9.17, 15) is 0 Å². The van der Waals surface area contributed by atoms with Gasteiger partial charge in [-0.2, -0.15) is 0 Å². The Morgan fingerprint density at radius 2 is 2.33 bits per heavy atom. The van der Waals surface area contributed by atoms with E-state index in [0.29, 0.717) is 4.84 Å². The van der Waals surface area contributed by atoms with Crippen molar-refractivity contribution in [2.45, 2.75) is 0 Å². The average molecular weight is 177 g/mol. The number of nitrogens with one attached hydrogen (secondary N) is 1. The Bertz CT molecular complexity index is 480. The van der Waals surface area contributed by atoms with E-state index in [2.05, 4.69) is 11.6 Å². The number of oxazole rings is 1. The van der Waals surface area contributed by atoms with Gasteiger partial charge in [0.2, 0.25) is 0 Å². The van der Waals surface area contributed by atoms with Crippen molar-refractivity contribution < 1.29 is 4.42 Å². The first kappa shape index (κ1) is 7.31. The third-order valence-corrected chi connectivity index (χ3v) is 1.87. The highest BCUT2D eigenvalue weighted by molar-refractivity contribution is 7.71. The maximum Gasteiger partial charge on any atom is 0.266 e. The predicted octanol–water partition coefficient (Wildman–Crippen LogP) is 3.13. The molecule has 0 aliphatic heterocycles. The molecule has 0 spiro atoms. The SMILES string of the molecule is C=Cc1ccc2[nH]c(=S)oc2c1. The Hall–Kier alpha value is -1.35.